The molecule has 0 amide bonds. The Morgan fingerprint density at radius 3 is 2.94 bits per heavy atom. The van der Waals surface area contributed by atoms with Gasteiger partial charge in [0, 0.05) is 25.5 Å². The van der Waals surface area contributed by atoms with E-state index in [-0.39, 0.29) is 11.6 Å². The molecule has 2 N–H and O–H groups in total. The Morgan fingerprint density at radius 1 is 1.50 bits per heavy atom. The minimum Gasteiger partial charge on any atom is -0.478 e. The van der Waals surface area contributed by atoms with Crippen molar-refractivity contribution in [3.05, 3.63) is 23.9 Å². The van der Waals surface area contributed by atoms with Gasteiger partial charge in [0.2, 0.25) is 0 Å². The van der Waals surface area contributed by atoms with Crippen LogP contribution in [0.1, 0.15) is 23.2 Å². The Hall–Kier alpha value is -1.62. The molecule has 0 spiro atoms. The number of aromatic carboxylic acids is 1. The fourth-order valence-electron chi connectivity index (χ4n) is 1.73. The van der Waals surface area contributed by atoms with Crippen LogP contribution >= 0.6 is 0 Å². The maximum atomic E-state index is 11.0. The first-order valence-corrected chi connectivity index (χ1v) is 5.30. The lowest BCUT2D eigenvalue weighted by molar-refractivity contribution is 0.0697. The molecule has 0 bridgehead atoms. The molecule has 0 saturated carbocycles. The highest BCUT2D eigenvalue weighted by Gasteiger charge is 2.17. The highest BCUT2D eigenvalue weighted by molar-refractivity contribution is 5.93. The number of hydrogen-bond donors (Lipinski definition) is 2. The maximum absolute atomic E-state index is 11.0. The predicted octanol–water partition coefficient (Wildman–Crippen LogP) is 1.37. The molecule has 16 heavy (non-hydrogen) atoms. The molecule has 1 aliphatic rings. The zero-order chi connectivity index (χ0) is 11.4. The number of aromatic nitrogens is 1. The summed E-state index contributed by atoms with van der Waals surface area (Å²) < 4.78 is 5.24. The van der Waals surface area contributed by atoms with Crippen molar-refractivity contribution in [3.8, 4) is 0 Å². The van der Waals surface area contributed by atoms with Crippen molar-refractivity contribution >= 4 is 11.8 Å². The van der Waals surface area contributed by atoms with Crippen molar-refractivity contribution in [3.63, 3.8) is 0 Å². The number of carbonyl (C=O) groups is 1. The van der Waals surface area contributed by atoms with E-state index in [1.807, 2.05) is 0 Å². The van der Waals surface area contributed by atoms with E-state index in [1.54, 1.807) is 18.3 Å². The van der Waals surface area contributed by atoms with Crippen LogP contribution in [0.5, 0.6) is 0 Å². The smallest absolute Gasteiger partial charge is 0.339 e. The van der Waals surface area contributed by atoms with Gasteiger partial charge in [-0.2, -0.15) is 0 Å². The first-order valence-electron chi connectivity index (χ1n) is 5.30. The van der Waals surface area contributed by atoms with Crippen molar-refractivity contribution in [2.45, 2.75) is 18.9 Å². The predicted molar refractivity (Wildman–Crippen MR) is 58.7 cm³/mol. The topological polar surface area (TPSA) is 71.5 Å². The van der Waals surface area contributed by atoms with Gasteiger partial charge in [-0.05, 0) is 25.0 Å². The Balaban J connectivity index is 2.10. The molecular formula is C11H14N2O3. The van der Waals surface area contributed by atoms with Crippen LogP contribution in [0.4, 0.5) is 5.82 Å². The van der Waals surface area contributed by atoms with Gasteiger partial charge in [-0.25, -0.2) is 9.78 Å². The summed E-state index contributed by atoms with van der Waals surface area (Å²) >= 11 is 0. The average Bonchev–Trinajstić information content (AvgIpc) is 2.31. The minimum atomic E-state index is -0.956. The number of rotatable bonds is 3. The molecule has 1 aromatic heterocycles. The summed E-state index contributed by atoms with van der Waals surface area (Å²) in [6.07, 6.45) is 3.36. The average molecular weight is 222 g/mol. The summed E-state index contributed by atoms with van der Waals surface area (Å²) in [6.45, 7) is 1.43. The van der Waals surface area contributed by atoms with Crippen LogP contribution < -0.4 is 5.32 Å². The molecule has 86 valence electrons. The van der Waals surface area contributed by atoms with Crippen molar-refractivity contribution < 1.29 is 14.6 Å². The number of hydrogen-bond acceptors (Lipinski definition) is 4. The zero-order valence-electron chi connectivity index (χ0n) is 8.85. The molecule has 5 nitrogen and oxygen atoms in total. The molecule has 1 saturated heterocycles. The van der Waals surface area contributed by atoms with Crippen LogP contribution in [-0.4, -0.2) is 35.3 Å². The summed E-state index contributed by atoms with van der Waals surface area (Å²) in [6, 6.07) is 3.43. The van der Waals surface area contributed by atoms with Crippen LogP contribution in [-0.2, 0) is 4.74 Å². The Morgan fingerprint density at radius 2 is 2.25 bits per heavy atom. The summed E-state index contributed by atoms with van der Waals surface area (Å²) in [7, 11) is 0. The lowest BCUT2D eigenvalue weighted by atomic mass is 10.1. The van der Waals surface area contributed by atoms with Gasteiger partial charge in [0.25, 0.3) is 0 Å². The highest BCUT2D eigenvalue weighted by atomic mass is 16.5. The van der Waals surface area contributed by atoms with Gasteiger partial charge in [-0.3, -0.25) is 0 Å². The van der Waals surface area contributed by atoms with Gasteiger partial charge < -0.3 is 15.2 Å². The van der Waals surface area contributed by atoms with Crippen molar-refractivity contribution in [2.75, 3.05) is 18.5 Å². The lowest BCUT2D eigenvalue weighted by Gasteiger charge is -2.24. The van der Waals surface area contributed by atoms with Crippen LogP contribution in [0.3, 0.4) is 0 Å². The first kappa shape index (κ1) is 10.9. The molecule has 1 aliphatic heterocycles. The van der Waals surface area contributed by atoms with Crippen LogP contribution in [0.25, 0.3) is 0 Å². The van der Waals surface area contributed by atoms with Gasteiger partial charge in [-0.15, -0.1) is 0 Å². The summed E-state index contributed by atoms with van der Waals surface area (Å²) in [5, 5.41) is 12.1. The number of nitrogens with zero attached hydrogens (tertiary/aromatic N) is 1. The quantitative estimate of drug-likeness (QED) is 0.808. The lowest BCUT2D eigenvalue weighted by Crippen LogP contribution is -2.29. The van der Waals surface area contributed by atoms with Crippen LogP contribution in [0, 0.1) is 0 Å². The molecule has 1 aromatic rings. The summed E-state index contributed by atoms with van der Waals surface area (Å²) in [5.74, 6) is -0.510. The second-order valence-electron chi connectivity index (χ2n) is 3.74. The summed E-state index contributed by atoms with van der Waals surface area (Å²) in [5.41, 5.74) is 0.217. The number of nitrogens with one attached hydrogen (secondary N) is 1. The van der Waals surface area contributed by atoms with Gasteiger partial charge in [0.15, 0.2) is 0 Å². The number of pyridine rings is 1. The van der Waals surface area contributed by atoms with Crippen molar-refractivity contribution in [2.24, 2.45) is 0 Å². The normalized spacial score (nSPS) is 17.0. The zero-order valence-corrected chi connectivity index (χ0v) is 8.85. The molecule has 0 radical (unpaired) electrons. The second kappa shape index (κ2) is 4.94. The number of ether oxygens (including phenoxy) is 1. The second-order valence-corrected chi connectivity index (χ2v) is 3.74. The molecule has 1 fully saturated rings. The monoisotopic (exact) mass is 222 g/mol. The Bertz CT molecular complexity index is 375. The van der Waals surface area contributed by atoms with E-state index in [2.05, 4.69) is 10.3 Å². The van der Waals surface area contributed by atoms with Gasteiger partial charge in [-0.1, -0.05) is 0 Å². The number of carboxylic acids is 1. The van der Waals surface area contributed by atoms with E-state index in [9.17, 15) is 4.79 Å². The Kier molecular flexibility index (Phi) is 3.36. The van der Waals surface area contributed by atoms with Gasteiger partial charge in [0.1, 0.15) is 11.4 Å². The van der Waals surface area contributed by atoms with Gasteiger partial charge >= 0.3 is 5.97 Å². The number of anilines is 1. The van der Waals surface area contributed by atoms with E-state index < -0.39 is 5.97 Å². The third kappa shape index (κ3) is 2.49. The van der Waals surface area contributed by atoms with E-state index >= 15 is 0 Å². The molecule has 0 atom stereocenters. The Labute approximate surface area is 93.5 Å². The largest absolute Gasteiger partial charge is 0.478 e. The maximum Gasteiger partial charge on any atom is 0.339 e. The van der Waals surface area contributed by atoms with E-state index in [1.165, 1.54) is 0 Å². The molecule has 5 heteroatoms. The van der Waals surface area contributed by atoms with Crippen LogP contribution in [0.2, 0.25) is 0 Å². The first-order chi connectivity index (χ1) is 7.77. The van der Waals surface area contributed by atoms with E-state index in [0.29, 0.717) is 19.0 Å². The number of carboxylic acid groups (broad SMARTS) is 1. The molecule has 2 rings (SSSR count). The third-order valence-electron chi connectivity index (χ3n) is 2.60. The van der Waals surface area contributed by atoms with Gasteiger partial charge in [0.05, 0.1) is 0 Å². The van der Waals surface area contributed by atoms with E-state index in [4.69, 9.17) is 9.84 Å². The molecular weight excluding hydrogens is 208 g/mol. The van der Waals surface area contributed by atoms with Crippen molar-refractivity contribution in [1.82, 2.24) is 4.98 Å². The highest BCUT2D eigenvalue weighted by Crippen LogP contribution is 2.16. The van der Waals surface area contributed by atoms with Crippen LogP contribution in [0.15, 0.2) is 18.3 Å². The molecule has 0 aromatic carbocycles. The van der Waals surface area contributed by atoms with E-state index in [0.717, 1.165) is 12.8 Å². The third-order valence-corrected chi connectivity index (χ3v) is 2.60. The minimum absolute atomic E-state index is 0.217. The summed E-state index contributed by atoms with van der Waals surface area (Å²) in [4.78, 5) is 15.0. The fourth-order valence-corrected chi connectivity index (χ4v) is 1.73. The SMILES string of the molecule is O=C(O)c1cccnc1NC1CCOCC1. The standard InChI is InChI=1S/C11H14N2O3/c14-11(15)9-2-1-5-12-10(9)13-8-3-6-16-7-4-8/h1-2,5,8H,3-4,6-7H2,(H,12,13)(H,14,15). The molecule has 2 heterocycles. The fraction of sp³-hybridized carbons (Fsp3) is 0.455. The van der Waals surface area contributed by atoms with Crippen molar-refractivity contribution in [1.29, 1.82) is 0 Å². The molecule has 0 unspecified atom stereocenters. The molecule has 0 aliphatic carbocycles.